The first kappa shape index (κ1) is 11.4. The Kier molecular flexibility index (Phi) is 2.90. The van der Waals surface area contributed by atoms with Crippen LogP contribution in [0.1, 0.15) is 24.0 Å². The van der Waals surface area contributed by atoms with Crippen LogP contribution in [0.25, 0.3) is 0 Å². The average molecular weight is 235 g/mol. The molecule has 0 bridgehead atoms. The second-order valence-corrected chi connectivity index (χ2v) is 3.83. The molecule has 0 aromatic carbocycles. The van der Waals surface area contributed by atoms with Gasteiger partial charge in [-0.3, -0.25) is 0 Å². The van der Waals surface area contributed by atoms with Crippen molar-refractivity contribution in [2.75, 3.05) is 13.2 Å². The Hall–Kier alpha value is -1.08. The Morgan fingerprint density at radius 3 is 2.81 bits per heavy atom. The normalized spacial score (nSPS) is 23.6. The third-order valence-electron chi connectivity index (χ3n) is 2.69. The monoisotopic (exact) mass is 235 g/mol. The number of halogens is 3. The fourth-order valence-electron chi connectivity index (χ4n) is 1.71. The van der Waals surface area contributed by atoms with Crippen LogP contribution >= 0.6 is 0 Å². The largest absolute Gasteiger partial charge is 0.432 e. The lowest BCUT2D eigenvalue weighted by atomic mass is 10.00. The lowest BCUT2D eigenvalue weighted by Crippen LogP contribution is -2.23. The summed E-state index contributed by atoms with van der Waals surface area (Å²) in [5, 5.41) is 0. The van der Waals surface area contributed by atoms with Gasteiger partial charge in [-0.05, 0) is 6.42 Å². The third kappa shape index (κ3) is 2.19. The zero-order chi connectivity index (χ0) is 11.8. The molecule has 1 aromatic heterocycles. The minimum absolute atomic E-state index is 0.0345. The average Bonchev–Trinajstić information content (AvgIpc) is 2.87. The van der Waals surface area contributed by atoms with Crippen LogP contribution in [0.15, 0.2) is 6.20 Å². The smallest absolute Gasteiger partial charge is 0.381 e. The van der Waals surface area contributed by atoms with E-state index in [1.807, 2.05) is 0 Å². The van der Waals surface area contributed by atoms with Crippen LogP contribution in [-0.4, -0.2) is 23.2 Å². The van der Waals surface area contributed by atoms with E-state index in [-0.39, 0.29) is 11.7 Å². The molecule has 1 aromatic rings. The molecule has 1 aliphatic heterocycles. The van der Waals surface area contributed by atoms with Gasteiger partial charge in [-0.15, -0.1) is 0 Å². The number of nitrogens with one attached hydrogen (secondary N) is 1. The van der Waals surface area contributed by atoms with Crippen molar-refractivity contribution in [2.24, 2.45) is 11.7 Å². The highest BCUT2D eigenvalue weighted by Crippen LogP contribution is 2.30. The predicted molar refractivity (Wildman–Crippen MR) is 49.4 cm³/mol. The summed E-state index contributed by atoms with van der Waals surface area (Å²) < 4.78 is 42.0. The molecule has 4 nitrogen and oxygen atoms in total. The van der Waals surface area contributed by atoms with E-state index < -0.39 is 17.9 Å². The fourth-order valence-corrected chi connectivity index (χ4v) is 1.71. The second-order valence-electron chi connectivity index (χ2n) is 3.83. The summed E-state index contributed by atoms with van der Waals surface area (Å²) in [6.07, 6.45) is -2.88. The molecule has 0 saturated carbocycles. The Labute approximate surface area is 90.0 Å². The number of hydrogen-bond donors (Lipinski definition) is 2. The highest BCUT2D eigenvalue weighted by molar-refractivity contribution is 5.08. The van der Waals surface area contributed by atoms with Crippen molar-refractivity contribution in [3.63, 3.8) is 0 Å². The van der Waals surface area contributed by atoms with Crippen molar-refractivity contribution in [2.45, 2.75) is 18.6 Å². The molecular weight excluding hydrogens is 223 g/mol. The van der Waals surface area contributed by atoms with Crippen molar-refractivity contribution in [3.8, 4) is 0 Å². The number of nitrogens with two attached hydrogens (primary N) is 1. The molecule has 0 spiro atoms. The molecule has 2 unspecified atom stereocenters. The van der Waals surface area contributed by atoms with Gasteiger partial charge in [0.1, 0.15) is 11.5 Å². The first-order valence-electron chi connectivity index (χ1n) is 4.94. The molecule has 7 heteroatoms. The van der Waals surface area contributed by atoms with E-state index in [1.165, 1.54) is 0 Å². The molecule has 1 fully saturated rings. The van der Waals surface area contributed by atoms with E-state index >= 15 is 0 Å². The summed E-state index contributed by atoms with van der Waals surface area (Å²) >= 11 is 0. The van der Waals surface area contributed by atoms with E-state index in [2.05, 4.69) is 9.97 Å². The molecule has 2 atom stereocenters. The number of aromatic nitrogens is 2. The van der Waals surface area contributed by atoms with E-state index in [1.54, 1.807) is 0 Å². The van der Waals surface area contributed by atoms with Gasteiger partial charge in [-0.2, -0.15) is 13.2 Å². The number of rotatable bonds is 2. The predicted octanol–water partition coefficient (Wildman–Crippen LogP) is 1.46. The van der Waals surface area contributed by atoms with Gasteiger partial charge in [-0.25, -0.2) is 4.98 Å². The fraction of sp³-hybridized carbons (Fsp3) is 0.667. The molecule has 0 radical (unpaired) electrons. The van der Waals surface area contributed by atoms with Gasteiger partial charge in [0.2, 0.25) is 0 Å². The van der Waals surface area contributed by atoms with Gasteiger partial charge >= 0.3 is 6.18 Å². The maximum absolute atomic E-state index is 12.3. The summed E-state index contributed by atoms with van der Waals surface area (Å²) in [7, 11) is 0. The van der Waals surface area contributed by atoms with Crippen LogP contribution in [0.5, 0.6) is 0 Å². The van der Waals surface area contributed by atoms with Crippen LogP contribution in [0.4, 0.5) is 13.2 Å². The Balaban J connectivity index is 2.12. The number of hydrogen-bond acceptors (Lipinski definition) is 3. The van der Waals surface area contributed by atoms with E-state index in [0.29, 0.717) is 13.2 Å². The van der Waals surface area contributed by atoms with Crippen molar-refractivity contribution >= 4 is 0 Å². The van der Waals surface area contributed by atoms with Gasteiger partial charge in [0.15, 0.2) is 0 Å². The topological polar surface area (TPSA) is 63.9 Å². The number of aromatic amines is 1. The molecule has 1 aliphatic rings. The lowest BCUT2D eigenvalue weighted by Gasteiger charge is -2.14. The number of nitrogens with zero attached hydrogens (tertiary/aromatic N) is 1. The highest BCUT2D eigenvalue weighted by Gasteiger charge is 2.34. The summed E-state index contributed by atoms with van der Waals surface area (Å²) in [5.41, 5.74) is 4.95. The molecule has 1 saturated heterocycles. The summed E-state index contributed by atoms with van der Waals surface area (Å²) in [5.74, 6) is 0.204. The van der Waals surface area contributed by atoms with E-state index in [0.717, 1.165) is 12.6 Å². The number of alkyl halides is 3. The molecule has 2 heterocycles. The minimum atomic E-state index is -4.41. The van der Waals surface area contributed by atoms with Crippen LogP contribution in [0.3, 0.4) is 0 Å². The van der Waals surface area contributed by atoms with Crippen LogP contribution in [0, 0.1) is 5.92 Å². The maximum Gasteiger partial charge on any atom is 0.432 e. The third-order valence-corrected chi connectivity index (χ3v) is 2.69. The molecule has 3 N–H and O–H groups in total. The summed E-state index contributed by atoms with van der Waals surface area (Å²) in [6, 6.07) is -0.529. The number of imidazole rings is 1. The first-order valence-corrected chi connectivity index (χ1v) is 4.94. The highest BCUT2D eigenvalue weighted by atomic mass is 19.4. The Morgan fingerprint density at radius 2 is 2.31 bits per heavy atom. The quantitative estimate of drug-likeness (QED) is 0.815. The standard InChI is InChI=1S/C9H12F3N3O/c10-9(11,12)6-3-14-8(15-6)7(13)5-1-2-16-4-5/h3,5,7H,1-2,4,13H2,(H,14,15). The molecule has 90 valence electrons. The van der Waals surface area contributed by atoms with E-state index in [9.17, 15) is 13.2 Å². The Morgan fingerprint density at radius 1 is 1.56 bits per heavy atom. The van der Waals surface area contributed by atoms with Crippen LogP contribution in [-0.2, 0) is 10.9 Å². The van der Waals surface area contributed by atoms with Gasteiger partial charge in [0.05, 0.1) is 18.8 Å². The minimum Gasteiger partial charge on any atom is -0.381 e. The van der Waals surface area contributed by atoms with Gasteiger partial charge in [-0.1, -0.05) is 0 Å². The molecule has 2 rings (SSSR count). The molecule has 0 aliphatic carbocycles. The maximum atomic E-state index is 12.3. The van der Waals surface area contributed by atoms with Gasteiger partial charge < -0.3 is 15.5 Å². The SMILES string of the molecule is NC(c1ncc(C(F)(F)F)[nH]1)C1CCOC1. The van der Waals surface area contributed by atoms with Crippen molar-refractivity contribution < 1.29 is 17.9 Å². The van der Waals surface area contributed by atoms with Crippen molar-refractivity contribution in [1.29, 1.82) is 0 Å². The van der Waals surface area contributed by atoms with Gasteiger partial charge in [0, 0.05) is 12.5 Å². The van der Waals surface area contributed by atoms with E-state index in [4.69, 9.17) is 10.5 Å². The zero-order valence-electron chi connectivity index (χ0n) is 8.42. The van der Waals surface area contributed by atoms with Crippen molar-refractivity contribution in [1.82, 2.24) is 9.97 Å². The number of ether oxygens (including phenoxy) is 1. The lowest BCUT2D eigenvalue weighted by molar-refractivity contribution is -0.141. The molecular formula is C9H12F3N3O. The Bertz CT molecular complexity index is 357. The van der Waals surface area contributed by atoms with Crippen LogP contribution < -0.4 is 5.73 Å². The molecule has 16 heavy (non-hydrogen) atoms. The first-order chi connectivity index (χ1) is 7.48. The second kappa shape index (κ2) is 4.06. The zero-order valence-corrected chi connectivity index (χ0v) is 8.42. The number of H-pyrrole nitrogens is 1. The van der Waals surface area contributed by atoms with Gasteiger partial charge in [0.25, 0.3) is 0 Å². The molecule has 0 amide bonds. The van der Waals surface area contributed by atoms with Crippen LogP contribution in [0.2, 0.25) is 0 Å². The summed E-state index contributed by atoms with van der Waals surface area (Å²) in [4.78, 5) is 5.88. The van der Waals surface area contributed by atoms with Crippen molar-refractivity contribution in [3.05, 3.63) is 17.7 Å². The summed E-state index contributed by atoms with van der Waals surface area (Å²) in [6.45, 7) is 1.08.